The van der Waals surface area contributed by atoms with Crippen LogP contribution in [0.25, 0.3) is 0 Å². The molecule has 0 fully saturated rings. The Labute approximate surface area is 83.1 Å². The van der Waals surface area contributed by atoms with Gasteiger partial charge in [0.05, 0.1) is 6.04 Å². The van der Waals surface area contributed by atoms with E-state index in [1.165, 1.54) is 0 Å². The Morgan fingerprint density at radius 2 is 2.57 bits per heavy atom. The van der Waals surface area contributed by atoms with Gasteiger partial charge in [0, 0.05) is 18.8 Å². The van der Waals surface area contributed by atoms with Gasteiger partial charge in [0.25, 0.3) is 0 Å². The predicted octanol–water partition coefficient (Wildman–Crippen LogP) is 0.326. The van der Waals surface area contributed by atoms with E-state index < -0.39 is 0 Å². The van der Waals surface area contributed by atoms with Crippen molar-refractivity contribution in [2.45, 2.75) is 25.8 Å². The van der Waals surface area contributed by atoms with E-state index in [1.54, 1.807) is 12.4 Å². The molecule has 0 aromatic carbocycles. The van der Waals surface area contributed by atoms with Crippen LogP contribution in [0.1, 0.15) is 31.6 Å². The molecule has 1 amide bonds. The standard InChI is InChI=1S/C9H16N4O/c1-7(9-11-5-6-12-9)13-8(14)3-2-4-10/h5-7H,2-4,10H2,1H3,(H,11,12)(H,13,14). The van der Waals surface area contributed by atoms with Crippen molar-refractivity contribution in [3.05, 3.63) is 18.2 Å². The van der Waals surface area contributed by atoms with Gasteiger partial charge < -0.3 is 16.0 Å². The fraction of sp³-hybridized carbons (Fsp3) is 0.556. The average Bonchev–Trinajstić information content (AvgIpc) is 2.67. The summed E-state index contributed by atoms with van der Waals surface area (Å²) in [5.74, 6) is 0.783. The van der Waals surface area contributed by atoms with Crippen molar-refractivity contribution in [2.75, 3.05) is 6.54 Å². The molecule has 1 aromatic rings. The highest BCUT2D eigenvalue weighted by molar-refractivity contribution is 5.76. The van der Waals surface area contributed by atoms with Crippen LogP contribution in [0.2, 0.25) is 0 Å². The van der Waals surface area contributed by atoms with E-state index in [0.29, 0.717) is 13.0 Å². The van der Waals surface area contributed by atoms with Gasteiger partial charge in [-0.05, 0) is 19.9 Å². The Balaban J connectivity index is 2.33. The second-order valence-corrected chi connectivity index (χ2v) is 3.16. The molecule has 78 valence electrons. The van der Waals surface area contributed by atoms with Crippen molar-refractivity contribution < 1.29 is 4.79 Å². The fourth-order valence-electron chi connectivity index (χ4n) is 1.16. The topological polar surface area (TPSA) is 83.8 Å². The van der Waals surface area contributed by atoms with Gasteiger partial charge in [0.2, 0.25) is 5.91 Å². The highest BCUT2D eigenvalue weighted by Crippen LogP contribution is 2.05. The lowest BCUT2D eigenvalue weighted by Gasteiger charge is -2.10. The molecule has 1 aromatic heterocycles. The van der Waals surface area contributed by atoms with Crippen LogP contribution in [0.3, 0.4) is 0 Å². The van der Waals surface area contributed by atoms with Gasteiger partial charge in [-0.2, -0.15) is 0 Å². The molecule has 5 heteroatoms. The molecular formula is C9H16N4O. The zero-order chi connectivity index (χ0) is 10.4. The van der Waals surface area contributed by atoms with Crippen LogP contribution < -0.4 is 11.1 Å². The van der Waals surface area contributed by atoms with Crippen molar-refractivity contribution >= 4 is 5.91 Å². The van der Waals surface area contributed by atoms with E-state index in [4.69, 9.17) is 5.73 Å². The number of aromatic nitrogens is 2. The summed E-state index contributed by atoms with van der Waals surface area (Å²) in [5.41, 5.74) is 5.30. The Bertz CT molecular complexity index is 270. The largest absolute Gasteiger partial charge is 0.347 e. The number of H-pyrrole nitrogens is 1. The van der Waals surface area contributed by atoms with Gasteiger partial charge in [-0.15, -0.1) is 0 Å². The maximum atomic E-state index is 11.3. The molecule has 0 aliphatic heterocycles. The third-order valence-electron chi connectivity index (χ3n) is 1.91. The first-order chi connectivity index (χ1) is 6.74. The first-order valence-corrected chi connectivity index (χ1v) is 4.72. The molecule has 0 aliphatic carbocycles. The normalized spacial score (nSPS) is 12.4. The van der Waals surface area contributed by atoms with Crippen LogP contribution in [-0.4, -0.2) is 22.4 Å². The molecule has 1 unspecified atom stereocenters. The van der Waals surface area contributed by atoms with Gasteiger partial charge in [-0.1, -0.05) is 0 Å². The second-order valence-electron chi connectivity index (χ2n) is 3.16. The maximum Gasteiger partial charge on any atom is 0.220 e. The molecule has 0 bridgehead atoms. The molecule has 0 saturated carbocycles. The monoisotopic (exact) mass is 196 g/mol. The molecule has 0 radical (unpaired) electrons. The Kier molecular flexibility index (Phi) is 4.12. The van der Waals surface area contributed by atoms with E-state index in [9.17, 15) is 4.79 Å². The van der Waals surface area contributed by atoms with Gasteiger partial charge in [0.1, 0.15) is 5.82 Å². The number of rotatable bonds is 5. The van der Waals surface area contributed by atoms with Crippen LogP contribution in [-0.2, 0) is 4.79 Å². The molecule has 0 aliphatic rings. The van der Waals surface area contributed by atoms with Crippen molar-refractivity contribution in [1.29, 1.82) is 0 Å². The molecule has 1 heterocycles. The molecule has 1 atom stereocenters. The van der Waals surface area contributed by atoms with E-state index in [2.05, 4.69) is 15.3 Å². The minimum Gasteiger partial charge on any atom is -0.347 e. The highest BCUT2D eigenvalue weighted by atomic mass is 16.1. The minimum atomic E-state index is -0.0738. The van der Waals surface area contributed by atoms with Crippen molar-refractivity contribution in [1.82, 2.24) is 15.3 Å². The Morgan fingerprint density at radius 1 is 1.79 bits per heavy atom. The number of hydrogen-bond acceptors (Lipinski definition) is 3. The number of hydrogen-bond donors (Lipinski definition) is 3. The van der Waals surface area contributed by atoms with Gasteiger partial charge in [-0.3, -0.25) is 4.79 Å². The summed E-state index contributed by atoms with van der Waals surface area (Å²) in [6, 6.07) is -0.0738. The van der Waals surface area contributed by atoms with E-state index >= 15 is 0 Å². The molecule has 0 spiro atoms. The van der Waals surface area contributed by atoms with E-state index in [-0.39, 0.29) is 11.9 Å². The number of amides is 1. The van der Waals surface area contributed by atoms with Crippen LogP contribution in [0.4, 0.5) is 0 Å². The molecule has 5 nitrogen and oxygen atoms in total. The van der Waals surface area contributed by atoms with Gasteiger partial charge in [0.15, 0.2) is 0 Å². The zero-order valence-electron chi connectivity index (χ0n) is 8.29. The summed E-state index contributed by atoms with van der Waals surface area (Å²) in [6.45, 7) is 2.43. The molecule has 14 heavy (non-hydrogen) atoms. The summed E-state index contributed by atoms with van der Waals surface area (Å²) in [6.07, 6.45) is 4.59. The Hall–Kier alpha value is -1.36. The number of imidazole rings is 1. The lowest BCUT2D eigenvalue weighted by Crippen LogP contribution is -2.27. The summed E-state index contributed by atoms with van der Waals surface area (Å²) < 4.78 is 0. The number of nitrogens with one attached hydrogen (secondary N) is 2. The molecule has 1 rings (SSSR count). The average molecular weight is 196 g/mol. The zero-order valence-corrected chi connectivity index (χ0v) is 8.29. The number of carbonyl (C=O) groups is 1. The quantitative estimate of drug-likeness (QED) is 0.634. The highest BCUT2D eigenvalue weighted by Gasteiger charge is 2.10. The molecular weight excluding hydrogens is 180 g/mol. The van der Waals surface area contributed by atoms with E-state index in [1.807, 2.05) is 6.92 Å². The van der Waals surface area contributed by atoms with Crippen molar-refractivity contribution in [3.8, 4) is 0 Å². The summed E-state index contributed by atoms with van der Waals surface area (Å²) in [7, 11) is 0. The van der Waals surface area contributed by atoms with E-state index in [0.717, 1.165) is 12.2 Å². The van der Waals surface area contributed by atoms with Gasteiger partial charge >= 0.3 is 0 Å². The van der Waals surface area contributed by atoms with Gasteiger partial charge in [-0.25, -0.2) is 4.98 Å². The third kappa shape index (κ3) is 3.18. The SMILES string of the molecule is CC(NC(=O)CCCN)c1ncc[nH]1. The third-order valence-corrected chi connectivity index (χ3v) is 1.91. The minimum absolute atomic E-state index is 0.0133. The smallest absolute Gasteiger partial charge is 0.220 e. The van der Waals surface area contributed by atoms with Crippen molar-refractivity contribution in [3.63, 3.8) is 0 Å². The lowest BCUT2D eigenvalue weighted by molar-refractivity contribution is -0.121. The molecule has 4 N–H and O–H groups in total. The summed E-state index contributed by atoms with van der Waals surface area (Å²) >= 11 is 0. The summed E-state index contributed by atoms with van der Waals surface area (Å²) in [4.78, 5) is 18.3. The maximum absolute atomic E-state index is 11.3. The van der Waals surface area contributed by atoms with Crippen LogP contribution in [0.5, 0.6) is 0 Å². The fourth-order valence-corrected chi connectivity index (χ4v) is 1.16. The summed E-state index contributed by atoms with van der Waals surface area (Å²) in [5, 5.41) is 2.83. The second kappa shape index (κ2) is 5.39. The first kappa shape index (κ1) is 10.7. The number of nitrogens with zero attached hydrogens (tertiary/aromatic N) is 1. The van der Waals surface area contributed by atoms with Crippen LogP contribution in [0.15, 0.2) is 12.4 Å². The Morgan fingerprint density at radius 3 is 3.14 bits per heavy atom. The number of nitrogens with two attached hydrogens (primary N) is 1. The number of carbonyl (C=O) groups excluding carboxylic acids is 1. The lowest BCUT2D eigenvalue weighted by atomic mass is 10.2. The van der Waals surface area contributed by atoms with Crippen molar-refractivity contribution in [2.24, 2.45) is 5.73 Å². The van der Waals surface area contributed by atoms with Crippen LogP contribution >= 0.6 is 0 Å². The number of aromatic amines is 1. The first-order valence-electron chi connectivity index (χ1n) is 4.72. The van der Waals surface area contributed by atoms with Crippen LogP contribution in [0, 0.1) is 0 Å². The predicted molar refractivity (Wildman–Crippen MR) is 53.4 cm³/mol. The molecule has 0 saturated heterocycles.